The third-order valence-corrected chi connectivity index (χ3v) is 6.42. The fourth-order valence-electron chi connectivity index (χ4n) is 4.67. The largest absolute Gasteiger partial charge is 0.376 e. The summed E-state index contributed by atoms with van der Waals surface area (Å²) in [6.07, 6.45) is -0.360. The maximum absolute atomic E-state index is 13.8. The van der Waals surface area contributed by atoms with Gasteiger partial charge in [0.1, 0.15) is 12.3 Å². The number of fused-ring (bicyclic) bond motifs is 1. The number of alkyl halides is 2. The molecule has 0 radical (unpaired) electrons. The second-order valence-corrected chi connectivity index (χ2v) is 8.72. The average Bonchev–Trinajstić information content (AvgIpc) is 3.17. The maximum atomic E-state index is 13.8. The third-order valence-electron chi connectivity index (χ3n) is 6.42. The van der Waals surface area contributed by atoms with Gasteiger partial charge in [-0.1, -0.05) is 18.2 Å². The van der Waals surface area contributed by atoms with Crippen LogP contribution in [-0.2, 0) is 0 Å². The van der Waals surface area contributed by atoms with Gasteiger partial charge in [-0.25, -0.2) is 8.78 Å². The van der Waals surface area contributed by atoms with E-state index in [1.54, 1.807) is 12.3 Å². The molecule has 2 atom stereocenters. The quantitative estimate of drug-likeness (QED) is 0.535. The zero-order valence-corrected chi connectivity index (χ0v) is 18.8. The van der Waals surface area contributed by atoms with Gasteiger partial charge in [0.2, 0.25) is 0 Å². The highest BCUT2D eigenvalue weighted by Crippen LogP contribution is 2.33. The van der Waals surface area contributed by atoms with Gasteiger partial charge in [-0.15, -0.1) is 0 Å². The number of carbonyl (C=O) groups excluding carboxylic acids is 1. The van der Waals surface area contributed by atoms with E-state index in [-0.39, 0.29) is 6.54 Å². The van der Waals surface area contributed by atoms with Crippen LogP contribution in [0.3, 0.4) is 0 Å². The number of piperazine rings is 1. The molecule has 11 heteroatoms. The molecule has 1 amide bonds. The number of nitrogens with one attached hydrogen (secondary N) is 1. The van der Waals surface area contributed by atoms with E-state index in [2.05, 4.69) is 20.1 Å². The van der Waals surface area contributed by atoms with Gasteiger partial charge in [-0.3, -0.25) is 19.6 Å². The number of nitriles is 1. The SMILES string of the molecule is N#C[C@@H]1CC(F)(F)CN1[C@@H](O)CNC(=O)c1c(N2CCN(CCN)CC2)cnc2ccccc12. The molecule has 0 unspecified atom stereocenters. The number of para-hydroxylation sites is 1. The Hall–Kier alpha value is -2.91. The molecule has 34 heavy (non-hydrogen) atoms. The summed E-state index contributed by atoms with van der Waals surface area (Å²) in [7, 11) is 0. The van der Waals surface area contributed by atoms with Crippen molar-refractivity contribution in [2.24, 2.45) is 5.73 Å². The van der Waals surface area contributed by atoms with Gasteiger partial charge in [0.15, 0.2) is 0 Å². The monoisotopic (exact) mass is 473 g/mol. The minimum atomic E-state index is -3.05. The van der Waals surface area contributed by atoms with Crippen molar-refractivity contribution in [3.63, 3.8) is 0 Å². The highest BCUT2D eigenvalue weighted by Gasteiger charge is 2.47. The van der Waals surface area contributed by atoms with Crippen LogP contribution in [0.1, 0.15) is 16.8 Å². The van der Waals surface area contributed by atoms with Crippen molar-refractivity contribution in [2.75, 3.05) is 57.3 Å². The first-order chi connectivity index (χ1) is 16.3. The number of rotatable bonds is 7. The number of aliphatic hydroxyl groups is 1. The number of halogens is 2. The summed E-state index contributed by atoms with van der Waals surface area (Å²) in [6, 6.07) is 7.98. The van der Waals surface area contributed by atoms with Crippen molar-refractivity contribution in [1.29, 1.82) is 5.26 Å². The molecular formula is C23H29F2N7O2. The first kappa shape index (κ1) is 24.2. The van der Waals surface area contributed by atoms with Crippen molar-refractivity contribution in [2.45, 2.75) is 24.6 Å². The fraction of sp³-hybridized carbons (Fsp3) is 0.522. The Morgan fingerprint density at radius 1 is 1.32 bits per heavy atom. The van der Waals surface area contributed by atoms with Crippen LogP contribution in [0.2, 0.25) is 0 Å². The van der Waals surface area contributed by atoms with E-state index in [0.717, 1.165) is 24.5 Å². The molecule has 3 heterocycles. The molecule has 0 spiro atoms. The predicted molar refractivity (Wildman–Crippen MR) is 123 cm³/mol. The molecule has 0 aliphatic carbocycles. The number of carbonyl (C=O) groups is 1. The number of hydrogen-bond donors (Lipinski definition) is 3. The van der Waals surface area contributed by atoms with E-state index in [4.69, 9.17) is 5.73 Å². The minimum Gasteiger partial charge on any atom is -0.376 e. The summed E-state index contributed by atoms with van der Waals surface area (Å²) < 4.78 is 27.5. The van der Waals surface area contributed by atoms with Gasteiger partial charge in [0.05, 0.1) is 42.1 Å². The third kappa shape index (κ3) is 5.10. The molecule has 0 saturated carbocycles. The van der Waals surface area contributed by atoms with Crippen LogP contribution < -0.4 is 16.0 Å². The molecular weight excluding hydrogens is 444 g/mol. The number of anilines is 1. The first-order valence-electron chi connectivity index (χ1n) is 11.4. The fourth-order valence-corrected chi connectivity index (χ4v) is 4.67. The molecule has 1 aromatic carbocycles. The first-order valence-corrected chi connectivity index (χ1v) is 11.4. The van der Waals surface area contributed by atoms with Crippen molar-refractivity contribution in [3.05, 3.63) is 36.0 Å². The summed E-state index contributed by atoms with van der Waals surface area (Å²) in [5.74, 6) is -3.48. The van der Waals surface area contributed by atoms with Gasteiger partial charge in [0, 0.05) is 51.1 Å². The summed E-state index contributed by atoms with van der Waals surface area (Å²) in [4.78, 5) is 23.3. The Labute approximate surface area is 196 Å². The standard InChI is InChI=1S/C23H29F2N7O2/c24-23(25)11-16(12-27)32(15-23)20(33)14-29-22(34)21-17-3-1-2-4-18(17)28-13-19(21)31-9-7-30(6-5-26)8-10-31/h1-4,13,16,20,33H,5-11,14-15,26H2,(H,29,34)/t16-,20-/m0/s1. The number of nitrogens with two attached hydrogens (primary N) is 1. The van der Waals surface area contributed by atoms with E-state index in [1.165, 1.54) is 0 Å². The van der Waals surface area contributed by atoms with Crippen LogP contribution in [0, 0.1) is 11.3 Å². The lowest BCUT2D eigenvalue weighted by Crippen LogP contribution is -2.49. The molecule has 4 rings (SSSR count). The highest BCUT2D eigenvalue weighted by atomic mass is 19.3. The van der Waals surface area contributed by atoms with Gasteiger partial charge in [-0.2, -0.15) is 5.26 Å². The second-order valence-electron chi connectivity index (χ2n) is 8.72. The molecule has 9 nitrogen and oxygen atoms in total. The van der Waals surface area contributed by atoms with Crippen LogP contribution in [0.5, 0.6) is 0 Å². The molecule has 2 aliphatic rings. The zero-order chi connectivity index (χ0) is 24.3. The summed E-state index contributed by atoms with van der Waals surface area (Å²) in [6.45, 7) is 3.42. The van der Waals surface area contributed by atoms with Crippen LogP contribution in [0.4, 0.5) is 14.5 Å². The Kier molecular flexibility index (Phi) is 7.23. The summed E-state index contributed by atoms with van der Waals surface area (Å²) in [5, 5.41) is 23.0. The number of amides is 1. The number of nitrogens with zero attached hydrogens (tertiary/aromatic N) is 5. The number of aliphatic hydroxyl groups excluding tert-OH is 1. The van der Waals surface area contributed by atoms with Crippen molar-refractivity contribution >= 4 is 22.5 Å². The van der Waals surface area contributed by atoms with Crippen LogP contribution >= 0.6 is 0 Å². The summed E-state index contributed by atoms with van der Waals surface area (Å²) >= 11 is 0. The van der Waals surface area contributed by atoms with E-state index >= 15 is 0 Å². The number of aromatic nitrogens is 1. The molecule has 2 saturated heterocycles. The smallest absolute Gasteiger partial charge is 0.263 e. The van der Waals surface area contributed by atoms with E-state index in [1.807, 2.05) is 24.3 Å². The lowest BCUT2D eigenvalue weighted by Gasteiger charge is -2.36. The van der Waals surface area contributed by atoms with Gasteiger partial charge in [0.25, 0.3) is 11.8 Å². The van der Waals surface area contributed by atoms with E-state index in [9.17, 15) is 23.9 Å². The van der Waals surface area contributed by atoms with Crippen molar-refractivity contribution in [3.8, 4) is 6.07 Å². The second kappa shape index (κ2) is 10.1. The average molecular weight is 474 g/mol. The minimum absolute atomic E-state index is 0.284. The highest BCUT2D eigenvalue weighted by molar-refractivity contribution is 6.10. The lowest BCUT2D eigenvalue weighted by molar-refractivity contribution is -0.0305. The van der Waals surface area contributed by atoms with Gasteiger partial charge in [-0.05, 0) is 6.07 Å². The Bertz CT molecular complexity index is 1070. The van der Waals surface area contributed by atoms with Gasteiger partial charge < -0.3 is 21.1 Å². The molecule has 1 aromatic heterocycles. The Balaban J connectivity index is 1.54. The number of hydrogen-bond acceptors (Lipinski definition) is 8. The van der Waals surface area contributed by atoms with E-state index in [0.29, 0.717) is 41.8 Å². The van der Waals surface area contributed by atoms with Crippen LogP contribution in [0.15, 0.2) is 30.5 Å². The van der Waals surface area contributed by atoms with Crippen LogP contribution in [-0.4, -0.2) is 96.3 Å². The Morgan fingerprint density at radius 2 is 2.06 bits per heavy atom. The number of likely N-dealkylation sites (tertiary alicyclic amines) is 1. The lowest BCUT2D eigenvalue weighted by atomic mass is 10.0. The number of benzene rings is 1. The van der Waals surface area contributed by atoms with Gasteiger partial charge >= 0.3 is 0 Å². The van der Waals surface area contributed by atoms with E-state index < -0.39 is 37.1 Å². The predicted octanol–water partition coefficient (Wildman–Crippen LogP) is 0.597. The van der Waals surface area contributed by atoms with Crippen LogP contribution in [0.25, 0.3) is 10.9 Å². The topological polar surface area (TPSA) is 122 Å². The molecule has 4 N–H and O–H groups in total. The maximum Gasteiger partial charge on any atom is 0.263 e. The molecule has 2 fully saturated rings. The molecule has 182 valence electrons. The zero-order valence-electron chi connectivity index (χ0n) is 18.8. The molecule has 0 bridgehead atoms. The summed E-state index contributed by atoms with van der Waals surface area (Å²) in [5.41, 5.74) is 7.43. The Morgan fingerprint density at radius 3 is 2.76 bits per heavy atom. The van der Waals surface area contributed by atoms with Crippen molar-refractivity contribution in [1.82, 2.24) is 20.1 Å². The molecule has 2 aromatic rings. The molecule has 2 aliphatic heterocycles. The number of pyridine rings is 1. The normalized spacial score (nSPS) is 22.0. The van der Waals surface area contributed by atoms with Crippen molar-refractivity contribution < 1.29 is 18.7 Å².